The molecule has 0 atom stereocenters. The molecule has 0 aromatic heterocycles. The van der Waals surface area contributed by atoms with E-state index in [9.17, 15) is 4.79 Å². The van der Waals surface area contributed by atoms with Crippen molar-refractivity contribution < 1.29 is 19.0 Å². The van der Waals surface area contributed by atoms with Gasteiger partial charge in [0.1, 0.15) is 19.0 Å². The summed E-state index contributed by atoms with van der Waals surface area (Å²) in [5.41, 5.74) is 6.53. The molecule has 1 heterocycles. The largest absolute Gasteiger partial charge is 0.490 e. The van der Waals surface area contributed by atoms with Crippen molar-refractivity contribution in [3.05, 3.63) is 54.1 Å². The highest BCUT2D eigenvalue weighted by Crippen LogP contribution is 2.29. The molecule has 1 fully saturated rings. The van der Waals surface area contributed by atoms with Crippen LogP contribution in [0.1, 0.15) is 30.1 Å². The van der Waals surface area contributed by atoms with E-state index in [1.54, 1.807) is 18.2 Å². The van der Waals surface area contributed by atoms with Gasteiger partial charge < -0.3 is 24.8 Å². The third-order valence-electron chi connectivity index (χ3n) is 4.67. The maximum atomic E-state index is 12.8. The SMILES string of the molecule is CCOc1cc(C(=O)N2CCC(N)CC2)ccc1OCCOc1ccccc1.Cl. The number of halogens is 1. The quantitative estimate of drug-likeness (QED) is 0.661. The Hall–Kier alpha value is -2.44. The molecule has 0 unspecified atom stereocenters. The predicted molar refractivity (Wildman–Crippen MR) is 115 cm³/mol. The van der Waals surface area contributed by atoms with E-state index in [0.29, 0.717) is 50.0 Å². The molecule has 1 saturated heterocycles. The van der Waals surface area contributed by atoms with Crippen LogP contribution < -0.4 is 19.9 Å². The first-order valence-electron chi connectivity index (χ1n) is 9.79. The number of hydrogen-bond acceptors (Lipinski definition) is 5. The molecule has 2 aromatic rings. The number of piperidine rings is 1. The Labute approximate surface area is 178 Å². The third-order valence-corrected chi connectivity index (χ3v) is 4.67. The molecule has 0 bridgehead atoms. The molecular formula is C22H29ClN2O4. The lowest BCUT2D eigenvalue weighted by Gasteiger charge is -2.30. The smallest absolute Gasteiger partial charge is 0.253 e. The molecular weight excluding hydrogens is 392 g/mol. The highest BCUT2D eigenvalue weighted by atomic mass is 35.5. The van der Waals surface area contributed by atoms with Crippen LogP contribution in [0, 0.1) is 0 Å². The van der Waals surface area contributed by atoms with Crippen molar-refractivity contribution in [2.75, 3.05) is 32.9 Å². The second-order valence-electron chi connectivity index (χ2n) is 6.73. The molecule has 2 N–H and O–H groups in total. The predicted octanol–water partition coefficient (Wildman–Crippen LogP) is 3.53. The number of hydrogen-bond donors (Lipinski definition) is 1. The first-order valence-corrected chi connectivity index (χ1v) is 9.79. The molecule has 6 nitrogen and oxygen atoms in total. The van der Waals surface area contributed by atoms with Crippen molar-refractivity contribution in [2.45, 2.75) is 25.8 Å². The summed E-state index contributed by atoms with van der Waals surface area (Å²) in [6.45, 7) is 4.59. The Morgan fingerprint density at radius 1 is 1.00 bits per heavy atom. The van der Waals surface area contributed by atoms with Gasteiger partial charge in [0.05, 0.1) is 6.61 Å². The normalized spacial score (nSPS) is 14.1. The van der Waals surface area contributed by atoms with Gasteiger partial charge in [0.2, 0.25) is 0 Å². The van der Waals surface area contributed by atoms with Crippen LogP contribution in [0.3, 0.4) is 0 Å². The lowest BCUT2D eigenvalue weighted by molar-refractivity contribution is 0.0714. The van der Waals surface area contributed by atoms with Crippen molar-refractivity contribution in [2.24, 2.45) is 5.73 Å². The fraction of sp³-hybridized carbons (Fsp3) is 0.409. The molecule has 158 valence electrons. The van der Waals surface area contributed by atoms with Crippen LogP contribution in [0.25, 0.3) is 0 Å². The van der Waals surface area contributed by atoms with Gasteiger partial charge in [-0.25, -0.2) is 0 Å². The van der Waals surface area contributed by atoms with E-state index >= 15 is 0 Å². The highest BCUT2D eigenvalue weighted by molar-refractivity contribution is 5.95. The Balaban J connectivity index is 0.00000300. The van der Waals surface area contributed by atoms with E-state index in [1.807, 2.05) is 42.2 Å². The van der Waals surface area contributed by atoms with E-state index < -0.39 is 0 Å². The van der Waals surface area contributed by atoms with Gasteiger partial charge in [-0.2, -0.15) is 0 Å². The van der Waals surface area contributed by atoms with Gasteiger partial charge in [0, 0.05) is 24.7 Å². The van der Waals surface area contributed by atoms with Gasteiger partial charge in [-0.3, -0.25) is 4.79 Å². The first kappa shape index (κ1) is 22.8. The van der Waals surface area contributed by atoms with E-state index in [1.165, 1.54) is 0 Å². The zero-order valence-electron chi connectivity index (χ0n) is 16.7. The van der Waals surface area contributed by atoms with Crippen LogP contribution in [-0.4, -0.2) is 49.8 Å². The van der Waals surface area contributed by atoms with E-state index in [0.717, 1.165) is 18.6 Å². The van der Waals surface area contributed by atoms with Gasteiger partial charge in [-0.15, -0.1) is 12.4 Å². The summed E-state index contributed by atoms with van der Waals surface area (Å²) in [6.07, 6.45) is 1.68. The number of amides is 1. The number of carbonyl (C=O) groups excluding carboxylic acids is 1. The number of rotatable bonds is 8. The molecule has 7 heteroatoms. The monoisotopic (exact) mass is 420 g/mol. The van der Waals surface area contributed by atoms with Crippen molar-refractivity contribution in [1.29, 1.82) is 0 Å². The van der Waals surface area contributed by atoms with Crippen molar-refractivity contribution in [1.82, 2.24) is 4.90 Å². The molecule has 0 saturated carbocycles. The summed E-state index contributed by atoms with van der Waals surface area (Å²) >= 11 is 0. The summed E-state index contributed by atoms with van der Waals surface area (Å²) in [7, 11) is 0. The minimum atomic E-state index is 0. The van der Waals surface area contributed by atoms with Gasteiger partial charge in [0.25, 0.3) is 5.91 Å². The molecule has 0 aliphatic carbocycles. The van der Waals surface area contributed by atoms with Crippen LogP contribution in [0.4, 0.5) is 0 Å². The Morgan fingerprint density at radius 3 is 2.38 bits per heavy atom. The maximum absolute atomic E-state index is 12.8. The average Bonchev–Trinajstić information content (AvgIpc) is 2.73. The molecule has 1 aliphatic rings. The van der Waals surface area contributed by atoms with Crippen molar-refractivity contribution in [3.63, 3.8) is 0 Å². The van der Waals surface area contributed by atoms with Gasteiger partial charge in [0.15, 0.2) is 11.5 Å². The standard InChI is InChI=1S/C22H28N2O4.ClH/c1-2-26-21-16-17(22(25)24-12-10-18(23)11-13-24)8-9-20(21)28-15-14-27-19-6-4-3-5-7-19;/h3-9,16,18H,2,10-15,23H2,1H3;1H. The number of nitrogens with two attached hydrogens (primary N) is 1. The van der Waals surface area contributed by atoms with E-state index in [4.69, 9.17) is 19.9 Å². The Morgan fingerprint density at radius 2 is 1.69 bits per heavy atom. The summed E-state index contributed by atoms with van der Waals surface area (Å²) < 4.78 is 17.1. The summed E-state index contributed by atoms with van der Waals surface area (Å²) in [5, 5.41) is 0. The average molecular weight is 421 g/mol. The van der Waals surface area contributed by atoms with Crippen LogP contribution in [-0.2, 0) is 0 Å². The van der Waals surface area contributed by atoms with Crippen LogP contribution in [0.2, 0.25) is 0 Å². The summed E-state index contributed by atoms with van der Waals surface area (Å²) in [4.78, 5) is 14.6. The third kappa shape index (κ3) is 6.54. The molecule has 3 rings (SSSR count). The number of likely N-dealkylation sites (tertiary alicyclic amines) is 1. The molecule has 1 aliphatic heterocycles. The molecule has 29 heavy (non-hydrogen) atoms. The summed E-state index contributed by atoms with van der Waals surface area (Å²) in [5.74, 6) is 1.99. The second-order valence-corrected chi connectivity index (χ2v) is 6.73. The minimum absolute atomic E-state index is 0. The topological polar surface area (TPSA) is 74.0 Å². The maximum Gasteiger partial charge on any atom is 0.253 e. The highest BCUT2D eigenvalue weighted by Gasteiger charge is 2.22. The fourth-order valence-corrected chi connectivity index (χ4v) is 3.14. The molecule has 1 amide bonds. The van der Waals surface area contributed by atoms with E-state index in [-0.39, 0.29) is 24.4 Å². The van der Waals surface area contributed by atoms with Crippen molar-refractivity contribution in [3.8, 4) is 17.2 Å². The lowest BCUT2D eigenvalue weighted by Crippen LogP contribution is -2.42. The van der Waals surface area contributed by atoms with Crippen molar-refractivity contribution >= 4 is 18.3 Å². The second kappa shape index (κ2) is 11.5. The fourth-order valence-electron chi connectivity index (χ4n) is 3.14. The lowest BCUT2D eigenvalue weighted by atomic mass is 10.0. The summed E-state index contributed by atoms with van der Waals surface area (Å²) in [6, 6.07) is 15.1. The first-order chi connectivity index (χ1) is 13.7. The zero-order valence-corrected chi connectivity index (χ0v) is 17.5. The number of carbonyl (C=O) groups is 1. The minimum Gasteiger partial charge on any atom is -0.490 e. The Kier molecular flexibility index (Phi) is 9.09. The molecule has 0 radical (unpaired) electrons. The van der Waals surface area contributed by atoms with Gasteiger partial charge >= 0.3 is 0 Å². The van der Waals surface area contributed by atoms with Crippen LogP contribution in [0.15, 0.2) is 48.5 Å². The Bertz CT molecular complexity index is 765. The molecule has 0 spiro atoms. The number of ether oxygens (including phenoxy) is 3. The van der Waals surface area contributed by atoms with E-state index in [2.05, 4.69) is 0 Å². The number of para-hydroxylation sites is 1. The molecule has 2 aromatic carbocycles. The number of benzene rings is 2. The van der Waals surface area contributed by atoms with Gasteiger partial charge in [-0.05, 0) is 50.1 Å². The van der Waals surface area contributed by atoms with Crippen LogP contribution >= 0.6 is 12.4 Å². The van der Waals surface area contributed by atoms with Crippen LogP contribution in [0.5, 0.6) is 17.2 Å². The van der Waals surface area contributed by atoms with Gasteiger partial charge in [-0.1, -0.05) is 18.2 Å². The number of nitrogens with zero attached hydrogens (tertiary/aromatic N) is 1. The zero-order chi connectivity index (χ0) is 19.8.